The van der Waals surface area contributed by atoms with Crippen molar-refractivity contribution in [3.8, 4) is 5.75 Å². The number of benzene rings is 1. The Hall–Kier alpha value is -3.82. The SMILES string of the molecule is C=CN=C/C(=C\C)CNCC(=O)CCN(/N=C/C(C)=C/C=N/C=C/Cl)C(=O)N(C)c1ccc(OC(C)CCC)cc1. The van der Waals surface area contributed by atoms with Crippen molar-refractivity contribution in [1.29, 1.82) is 0 Å². The number of anilines is 1. The molecule has 0 aliphatic carbocycles. The van der Waals surface area contributed by atoms with Gasteiger partial charge >= 0.3 is 6.03 Å². The average molecular weight is 583 g/mol. The maximum atomic E-state index is 13.4. The van der Waals surface area contributed by atoms with E-state index in [1.54, 1.807) is 31.8 Å². The van der Waals surface area contributed by atoms with Crippen molar-refractivity contribution in [2.24, 2.45) is 15.1 Å². The van der Waals surface area contributed by atoms with Gasteiger partial charge in [0.2, 0.25) is 0 Å². The first-order valence-electron chi connectivity index (χ1n) is 13.6. The number of halogens is 1. The summed E-state index contributed by atoms with van der Waals surface area (Å²) < 4.78 is 5.92. The summed E-state index contributed by atoms with van der Waals surface area (Å²) in [6.45, 7) is 12.2. The summed E-state index contributed by atoms with van der Waals surface area (Å²) in [6.07, 6.45) is 13.6. The van der Waals surface area contributed by atoms with Crippen LogP contribution in [-0.4, -0.2) is 68.3 Å². The highest BCUT2D eigenvalue weighted by molar-refractivity contribution is 6.25. The topological polar surface area (TPSA) is 99.0 Å². The highest BCUT2D eigenvalue weighted by Crippen LogP contribution is 2.21. The Morgan fingerprint density at radius 1 is 1.17 bits per heavy atom. The Bertz CT molecular complexity index is 1140. The summed E-state index contributed by atoms with van der Waals surface area (Å²) in [5, 5.41) is 8.78. The first-order valence-corrected chi connectivity index (χ1v) is 14.0. The number of aliphatic imine (C=N–C) groups is 2. The number of nitrogens with one attached hydrogen (secondary N) is 1. The van der Waals surface area contributed by atoms with Crippen LogP contribution in [0.15, 0.2) is 87.2 Å². The fourth-order valence-corrected chi connectivity index (χ4v) is 3.48. The van der Waals surface area contributed by atoms with Gasteiger partial charge in [0.1, 0.15) is 11.5 Å². The number of urea groups is 1. The van der Waals surface area contributed by atoms with Gasteiger partial charge in [-0.15, -0.1) is 0 Å². The normalized spacial score (nSPS) is 13.4. The van der Waals surface area contributed by atoms with Crippen LogP contribution in [0.5, 0.6) is 5.75 Å². The molecule has 0 saturated heterocycles. The highest BCUT2D eigenvalue weighted by atomic mass is 35.5. The molecule has 1 rings (SSSR count). The van der Waals surface area contributed by atoms with Crippen molar-refractivity contribution in [2.75, 3.05) is 31.6 Å². The third kappa shape index (κ3) is 14.9. The number of carbonyl (C=O) groups excluding carboxylic acids is 2. The van der Waals surface area contributed by atoms with Crippen LogP contribution in [0.4, 0.5) is 10.5 Å². The molecule has 0 spiro atoms. The van der Waals surface area contributed by atoms with Crippen LogP contribution < -0.4 is 15.0 Å². The summed E-state index contributed by atoms with van der Waals surface area (Å²) in [6, 6.07) is 6.95. The van der Waals surface area contributed by atoms with Crippen LogP contribution in [0.25, 0.3) is 0 Å². The second-order valence-electron chi connectivity index (χ2n) is 9.12. The Labute approximate surface area is 249 Å². The molecule has 0 saturated carbocycles. The van der Waals surface area contributed by atoms with Gasteiger partial charge in [-0.2, -0.15) is 5.10 Å². The zero-order chi connectivity index (χ0) is 30.5. The van der Waals surface area contributed by atoms with Gasteiger partial charge in [-0.25, -0.2) is 9.80 Å². The minimum absolute atomic E-state index is 0.0493. The lowest BCUT2D eigenvalue weighted by molar-refractivity contribution is -0.118. The third-order valence-electron chi connectivity index (χ3n) is 5.70. The lowest BCUT2D eigenvalue weighted by Crippen LogP contribution is -2.40. The summed E-state index contributed by atoms with van der Waals surface area (Å²) >= 11 is 5.47. The molecule has 1 unspecified atom stereocenters. The number of hydrogen-bond acceptors (Lipinski definition) is 7. The number of allylic oxidation sites excluding steroid dienone is 3. The highest BCUT2D eigenvalue weighted by Gasteiger charge is 2.20. The van der Waals surface area contributed by atoms with Gasteiger partial charge in [-0.1, -0.05) is 37.6 Å². The zero-order valence-electron chi connectivity index (χ0n) is 24.8. The molecule has 0 bridgehead atoms. The van der Waals surface area contributed by atoms with Crippen molar-refractivity contribution in [1.82, 2.24) is 10.3 Å². The van der Waals surface area contributed by atoms with Gasteiger partial charge in [0.15, 0.2) is 0 Å². The van der Waals surface area contributed by atoms with Crippen molar-refractivity contribution in [2.45, 2.75) is 53.1 Å². The second-order valence-corrected chi connectivity index (χ2v) is 9.37. The summed E-state index contributed by atoms with van der Waals surface area (Å²) in [7, 11) is 1.67. The van der Waals surface area contributed by atoms with Gasteiger partial charge in [0.05, 0.1) is 25.4 Å². The molecule has 0 aliphatic rings. The molecule has 0 aromatic heterocycles. The van der Waals surface area contributed by atoms with Crippen LogP contribution in [-0.2, 0) is 4.79 Å². The van der Waals surface area contributed by atoms with E-state index in [4.69, 9.17) is 16.3 Å². The molecule has 41 heavy (non-hydrogen) atoms. The molecule has 2 amide bonds. The molecule has 1 aromatic rings. The maximum absolute atomic E-state index is 13.4. The monoisotopic (exact) mass is 582 g/mol. The van der Waals surface area contributed by atoms with E-state index in [0.717, 1.165) is 29.7 Å². The van der Waals surface area contributed by atoms with E-state index in [0.29, 0.717) is 12.2 Å². The van der Waals surface area contributed by atoms with Gasteiger partial charge in [-0.3, -0.25) is 19.7 Å². The fraction of sp³-hybridized carbons (Fsp3) is 0.387. The molecule has 222 valence electrons. The smallest absolute Gasteiger partial charge is 0.344 e. The van der Waals surface area contributed by atoms with E-state index < -0.39 is 0 Å². The molecule has 1 N–H and O–H groups in total. The van der Waals surface area contributed by atoms with Crippen LogP contribution in [0.3, 0.4) is 0 Å². The Kier molecular flexibility index (Phi) is 18.0. The molecule has 10 heteroatoms. The number of hydrazone groups is 1. The van der Waals surface area contributed by atoms with Crippen molar-refractivity contribution in [3.63, 3.8) is 0 Å². The van der Waals surface area contributed by atoms with Crippen LogP contribution in [0.1, 0.15) is 47.0 Å². The van der Waals surface area contributed by atoms with Crippen LogP contribution >= 0.6 is 11.6 Å². The van der Waals surface area contributed by atoms with Gasteiger partial charge in [0.25, 0.3) is 0 Å². The van der Waals surface area contributed by atoms with Crippen molar-refractivity contribution in [3.05, 3.63) is 72.1 Å². The quantitative estimate of drug-likeness (QED) is 0.157. The number of Topliss-reactive ketones (excluding diaryl/α,β-unsaturated/α-hetero) is 1. The molecule has 0 fully saturated rings. The summed E-state index contributed by atoms with van der Waals surface area (Å²) in [5.41, 5.74) is 3.66. The first kappa shape index (κ1) is 35.2. The molecule has 0 heterocycles. The summed E-state index contributed by atoms with van der Waals surface area (Å²) in [4.78, 5) is 35.5. The number of carbonyl (C=O) groups is 2. The molecule has 0 aliphatic heterocycles. The van der Waals surface area contributed by atoms with Gasteiger partial charge < -0.3 is 10.1 Å². The van der Waals surface area contributed by atoms with E-state index in [-0.39, 0.29) is 37.4 Å². The predicted octanol–water partition coefficient (Wildman–Crippen LogP) is 6.53. The van der Waals surface area contributed by atoms with Crippen molar-refractivity contribution >= 4 is 47.7 Å². The maximum Gasteiger partial charge on any atom is 0.344 e. The number of hydrogen-bond donors (Lipinski definition) is 1. The lowest BCUT2D eigenvalue weighted by Gasteiger charge is -2.25. The van der Waals surface area contributed by atoms with Crippen LogP contribution in [0, 0.1) is 0 Å². The van der Waals surface area contributed by atoms with E-state index in [2.05, 4.69) is 33.9 Å². The van der Waals surface area contributed by atoms with E-state index in [1.165, 1.54) is 27.8 Å². The van der Waals surface area contributed by atoms with E-state index >= 15 is 0 Å². The Balaban J connectivity index is 2.96. The lowest BCUT2D eigenvalue weighted by atomic mass is 10.2. The number of ether oxygens (including phenoxy) is 1. The minimum atomic E-state index is -0.376. The fourth-order valence-electron chi connectivity index (χ4n) is 3.41. The largest absolute Gasteiger partial charge is 0.491 e. The predicted molar refractivity (Wildman–Crippen MR) is 173 cm³/mol. The number of rotatable bonds is 18. The third-order valence-corrected chi connectivity index (χ3v) is 5.81. The first-order chi connectivity index (χ1) is 19.7. The number of ketones is 1. The number of amides is 2. The molecule has 0 radical (unpaired) electrons. The van der Waals surface area contributed by atoms with Crippen molar-refractivity contribution < 1.29 is 14.3 Å². The minimum Gasteiger partial charge on any atom is -0.491 e. The number of nitrogens with zero attached hydrogens (tertiary/aromatic N) is 5. The van der Waals surface area contributed by atoms with Crippen LogP contribution in [0.2, 0.25) is 0 Å². The molecule has 1 atom stereocenters. The summed E-state index contributed by atoms with van der Waals surface area (Å²) in [5.74, 6) is 0.693. The Morgan fingerprint density at radius 3 is 2.54 bits per heavy atom. The standard InChI is InChI=1S/C31H43ClN6O3/c1-7-10-26(5)41-30-13-11-28(12-14-30)37(6)31(40)38(36-21-25(4)15-18-34-19-17-32)20-16-29(39)24-35-23-27(8-2)22-33-9-3/h8-9,11-15,17-19,21-22,26,35H,3,7,10,16,20,23-24H2,1-2,4-6H3/b19-17+,25-15+,27-8+,33-22?,34-18+,36-21+. The zero-order valence-corrected chi connectivity index (χ0v) is 25.6. The Morgan fingerprint density at radius 2 is 1.90 bits per heavy atom. The molecule has 9 nitrogen and oxygen atoms in total. The van der Waals surface area contributed by atoms with Gasteiger partial charge in [0, 0.05) is 56.1 Å². The van der Waals surface area contributed by atoms with Gasteiger partial charge in [-0.05, 0) is 68.7 Å². The second kappa shape index (κ2) is 21.0. The molecular weight excluding hydrogens is 540 g/mol. The van der Waals surface area contributed by atoms with E-state index in [1.807, 2.05) is 51.1 Å². The molecular formula is C31H43ClN6O3. The molecule has 1 aromatic carbocycles. The van der Waals surface area contributed by atoms with E-state index in [9.17, 15) is 9.59 Å². The average Bonchev–Trinajstić information content (AvgIpc) is 2.96.